The number of rotatable bonds is 6. The summed E-state index contributed by atoms with van der Waals surface area (Å²) in [5.41, 5.74) is 2.57. The van der Waals surface area contributed by atoms with Gasteiger partial charge in [-0.25, -0.2) is 0 Å². The summed E-state index contributed by atoms with van der Waals surface area (Å²) in [7, 11) is 0. The van der Waals surface area contributed by atoms with Crippen LogP contribution in [0.1, 0.15) is 50.7 Å². The zero-order chi connectivity index (χ0) is 13.5. The maximum Gasteiger partial charge on any atom is 0.119 e. The van der Waals surface area contributed by atoms with Gasteiger partial charge < -0.3 is 4.74 Å². The predicted octanol–water partition coefficient (Wildman–Crippen LogP) is 4.44. The molecular weight excluding hydrogens is 222 g/mol. The van der Waals surface area contributed by atoms with Crippen LogP contribution in [0.3, 0.4) is 0 Å². The minimum atomic E-state index is 0.434. The third kappa shape index (κ3) is 4.41. The molecule has 2 heteroatoms. The molecular formula is C16H23NO. The van der Waals surface area contributed by atoms with Crippen molar-refractivity contribution in [2.45, 2.75) is 46.5 Å². The Labute approximate surface area is 111 Å². The standard InChI is InChI=1S/C16H23NO/c1-12(2)11-18-15-7-8-16(14(4)10-15)13(3)6-5-9-17/h7-8,10,12-13H,5-6,11H2,1-4H3. The zero-order valence-corrected chi connectivity index (χ0v) is 11.9. The van der Waals surface area contributed by atoms with E-state index in [1.807, 2.05) is 6.07 Å². The first-order chi connectivity index (χ1) is 8.54. The van der Waals surface area contributed by atoms with Crippen molar-refractivity contribution in [3.8, 4) is 11.8 Å². The van der Waals surface area contributed by atoms with E-state index in [0.717, 1.165) is 18.8 Å². The van der Waals surface area contributed by atoms with Gasteiger partial charge in [0.2, 0.25) is 0 Å². The highest BCUT2D eigenvalue weighted by atomic mass is 16.5. The van der Waals surface area contributed by atoms with E-state index in [1.54, 1.807) is 0 Å². The molecule has 0 radical (unpaired) electrons. The van der Waals surface area contributed by atoms with E-state index in [2.05, 4.69) is 45.9 Å². The first kappa shape index (κ1) is 14.6. The van der Waals surface area contributed by atoms with Crippen LogP contribution in [-0.2, 0) is 0 Å². The summed E-state index contributed by atoms with van der Waals surface area (Å²) in [4.78, 5) is 0. The summed E-state index contributed by atoms with van der Waals surface area (Å²) in [6.07, 6.45) is 1.54. The second-order valence-corrected chi connectivity index (χ2v) is 5.32. The Morgan fingerprint density at radius 2 is 2.00 bits per heavy atom. The van der Waals surface area contributed by atoms with Gasteiger partial charge in [-0.1, -0.05) is 26.8 Å². The molecule has 0 N–H and O–H groups in total. The lowest BCUT2D eigenvalue weighted by molar-refractivity contribution is 0.271. The lowest BCUT2D eigenvalue weighted by atomic mass is 9.92. The molecule has 0 bridgehead atoms. The Kier molecular flexibility index (Phi) is 5.71. The zero-order valence-electron chi connectivity index (χ0n) is 11.9. The highest BCUT2D eigenvalue weighted by molar-refractivity contribution is 5.36. The molecule has 0 fully saturated rings. The van der Waals surface area contributed by atoms with Crippen molar-refractivity contribution in [1.82, 2.24) is 0 Å². The Balaban J connectivity index is 2.70. The van der Waals surface area contributed by atoms with E-state index in [1.165, 1.54) is 11.1 Å². The van der Waals surface area contributed by atoms with Gasteiger partial charge in [0.15, 0.2) is 0 Å². The molecule has 0 spiro atoms. The number of nitrogens with zero attached hydrogens (tertiary/aromatic N) is 1. The van der Waals surface area contributed by atoms with E-state index < -0.39 is 0 Å². The maximum absolute atomic E-state index is 8.63. The van der Waals surface area contributed by atoms with Crippen molar-refractivity contribution in [1.29, 1.82) is 5.26 Å². The highest BCUT2D eigenvalue weighted by Crippen LogP contribution is 2.27. The molecule has 0 aromatic heterocycles. The molecule has 1 aromatic carbocycles. The summed E-state index contributed by atoms with van der Waals surface area (Å²) < 4.78 is 5.71. The smallest absolute Gasteiger partial charge is 0.119 e. The summed E-state index contributed by atoms with van der Waals surface area (Å²) in [6, 6.07) is 8.47. The molecule has 0 aliphatic carbocycles. The molecule has 1 atom stereocenters. The van der Waals surface area contributed by atoms with Crippen molar-refractivity contribution >= 4 is 0 Å². The first-order valence-electron chi connectivity index (χ1n) is 6.65. The quantitative estimate of drug-likeness (QED) is 0.742. The Morgan fingerprint density at radius 1 is 1.28 bits per heavy atom. The van der Waals surface area contributed by atoms with E-state index >= 15 is 0 Å². The van der Waals surface area contributed by atoms with Crippen LogP contribution >= 0.6 is 0 Å². The van der Waals surface area contributed by atoms with Crippen LogP contribution in [0.5, 0.6) is 5.75 Å². The normalized spacial score (nSPS) is 12.2. The molecule has 1 unspecified atom stereocenters. The van der Waals surface area contributed by atoms with Gasteiger partial charge in [0.05, 0.1) is 12.7 Å². The van der Waals surface area contributed by atoms with E-state index in [9.17, 15) is 0 Å². The lowest BCUT2D eigenvalue weighted by Crippen LogP contribution is -2.05. The van der Waals surface area contributed by atoms with Crippen LogP contribution in [0.4, 0.5) is 0 Å². The maximum atomic E-state index is 8.63. The van der Waals surface area contributed by atoms with Gasteiger partial charge in [0.25, 0.3) is 0 Å². The van der Waals surface area contributed by atoms with Gasteiger partial charge in [0.1, 0.15) is 5.75 Å². The topological polar surface area (TPSA) is 33.0 Å². The van der Waals surface area contributed by atoms with Crippen LogP contribution in [0.25, 0.3) is 0 Å². The molecule has 2 nitrogen and oxygen atoms in total. The molecule has 98 valence electrons. The van der Waals surface area contributed by atoms with Crippen LogP contribution < -0.4 is 4.74 Å². The van der Waals surface area contributed by atoms with Gasteiger partial charge >= 0.3 is 0 Å². The van der Waals surface area contributed by atoms with Crippen molar-refractivity contribution in [2.24, 2.45) is 5.92 Å². The van der Waals surface area contributed by atoms with Crippen LogP contribution in [0, 0.1) is 24.2 Å². The molecule has 0 saturated carbocycles. The SMILES string of the molecule is Cc1cc(OCC(C)C)ccc1C(C)CCC#N. The van der Waals surface area contributed by atoms with Crippen molar-refractivity contribution in [3.05, 3.63) is 29.3 Å². The van der Waals surface area contributed by atoms with E-state index in [0.29, 0.717) is 18.3 Å². The lowest BCUT2D eigenvalue weighted by Gasteiger charge is -2.15. The molecule has 0 saturated heterocycles. The second kappa shape index (κ2) is 7.06. The number of ether oxygens (including phenoxy) is 1. The molecule has 0 heterocycles. The minimum Gasteiger partial charge on any atom is -0.493 e. The third-order valence-electron chi connectivity index (χ3n) is 3.04. The Bertz CT molecular complexity index is 418. The summed E-state index contributed by atoms with van der Waals surface area (Å²) >= 11 is 0. The minimum absolute atomic E-state index is 0.434. The molecule has 18 heavy (non-hydrogen) atoms. The number of nitriles is 1. The van der Waals surface area contributed by atoms with Crippen molar-refractivity contribution < 1.29 is 4.74 Å². The van der Waals surface area contributed by atoms with Crippen LogP contribution in [0.2, 0.25) is 0 Å². The van der Waals surface area contributed by atoms with Gasteiger partial charge in [-0.05, 0) is 48.4 Å². The Hall–Kier alpha value is -1.49. The van der Waals surface area contributed by atoms with E-state index in [-0.39, 0.29) is 0 Å². The Morgan fingerprint density at radius 3 is 2.56 bits per heavy atom. The number of hydrogen-bond donors (Lipinski definition) is 0. The highest BCUT2D eigenvalue weighted by Gasteiger charge is 2.09. The van der Waals surface area contributed by atoms with E-state index in [4.69, 9.17) is 10.00 Å². The fourth-order valence-corrected chi connectivity index (χ4v) is 1.99. The number of aryl methyl sites for hydroxylation is 1. The molecule has 1 aromatic rings. The van der Waals surface area contributed by atoms with Gasteiger partial charge in [-0.15, -0.1) is 0 Å². The second-order valence-electron chi connectivity index (χ2n) is 5.32. The molecule has 1 rings (SSSR count). The fourth-order valence-electron chi connectivity index (χ4n) is 1.99. The predicted molar refractivity (Wildman–Crippen MR) is 74.8 cm³/mol. The molecule has 0 aliphatic heterocycles. The van der Waals surface area contributed by atoms with Gasteiger partial charge in [-0.3, -0.25) is 0 Å². The average molecular weight is 245 g/mol. The summed E-state index contributed by atoms with van der Waals surface area (Å²) in [5.74, 6) is 1.92. The number of benzene rings is 1. The largest absolute Gasteiger partial charge is 0.493 e. The summed E-state index contributed by atoms with van der Waals surface area (Å²) in [6.45, 7) is 9.33. The van der Waals surface area contributed by atoms with Crippen molar-refractivity contribution in [3.63, 3.8) is 0 Å². The van der Waals surface area contributed by atoms with Gasteiger partial charge in [-0.2, -0.15) is 5.26 Å². The molecule has 0 amide bonds. The van der Waals surface area contributed by atoms with Crippen molar-refractivity contribution in [2.75, 3.05) is 6.61 Å². The first-order valence-corrected chi connectivity index (χ1v) is 6.65. The summed E-state index contributed by atoms with van der Waals surface area (Å²) in [5, 5.41) is 8.63. The number of hydrogen-bond acceptors (Lipinski definition) is 2. The third-order valence-corrected chi connectivity index (χ3v) is 3.04. The van der Waals surface area contributed by atoms with Gasteiger partial charge in [0, 0.05) is 6.42 Å². The fraction of sp³-hybridized carbons (Fsp3) is 0.562. The van der Waals surface area contributed by atoms with Crippen LogP contribution in [0.15, 0.2) is 18.2 Å². The van der Waals surface area contributed by atoms with Crippen LogP contribution in [-0.4, -0.2) is 6.61 Å². The average Bonchev–Trinajstić information content (AvgIpc) is 2.33. The monoisotopic (exact) mass is 245 g/mol. The molecule has 0 aliphatic rings.